The topological polar surface area (TPSA) is 136 Å². The van der Waals surface area contributed by atoms with Crippen LogP contribution in [0.2, 0.25) is 0 Å². The van der Waals surface area contributed by atoms with Gasteiger partial charge >= 0.3 is 5.69 Å². The Kier molecular flexibility index (Phi) is 7.73. The molecule has 194 valence electrons. The van der Waals surface area contributed by atoms with Gasteiger partial charge in [-0.15, -0.1) is 0 Å². The van der Waals surface area contributed by atoms with Gasteiger partial charge in [-0.2, -0.15) is 10.1 Å². The second-order valence-electron chi connectivity index (χ2n) is 8.54. The lowest BCUT2D eigenvalue weighted by atomic mass is 10.1. The predicted octanol–water partition coefficient (Wildman–Crippen LogP) is 2.27. The summed E-state index contributed by atoms with van der Waals surface area (Å²) >= 11 is 0. The molecule has 0 spiro atoms. The SMILES string of the molecule is CCc1ccc(OCC(O)Cn2c(NN=C(C)c3ccc(OC)cc3)nc3c2c(=O)[nH]c(=O)n3C)cc1. The highest BCUT2D eigenvalue weighted by molar-refractivity contribution is 5.99. The fraction of sp³-hybridized carbons (Fsp3) is 0.308. The molecule has 4 aromatic rings. The van der Waals surface area contributed by atoms with Crippen LogP contribution in [0.1, 0.15) is 25.0 Å². The number of hydrogen-bond donors (Lipinski definition) is 3. The van der Waals surface area contributed by atoms with E-state index < -0.39 is 17.4 Å². The maximum Gasteiger partial charge on any atom is 0.329 e. The number of H-pyrrole nitrogens is 1. The number of hydrogen-bond acceptors (Lipinski definition) is 8. The first kappa shape index (κ1) is 25.7. The number of rotatable bonds is 10. The Labute approximate surface area is 213 Å². The summed E-state index contributed by atoms with van der Waals surface area (Å²) in [4.78, 5) is 31.6. The van der Waals surface area contributed by atoms with Crippen LogP contribution in [0.4, 0.5) is 5.95 Å². The first-order chi connectivity index (χ1) is 17.8. The molecule has 0 saturated heterocycles. The smallest absolute Gasteiger partial charge is 0.329 e. The van der Waals surface area contributed by atoms with Gasteiger partial charge in [-0.3, -0.25) is 14.3 Å². The van der Waals surface area contributed by atoms with Crippen LogP contribution in [-0.4, -0.2) is 49.7 Å². The molecular formula is C26H30N6O5. The van der Waals surface area contributed by atoms with E-state index in [1.54, 1.807) is 7.11 Å². The van der Waals surface area contributed by atoms with Gasteiger partial charge in [0.1, 0.15) is 24.2 Å². The molecule has 0 aliphatic carbocycles. The molecule has 0 radical (unpaired) electrons. The second-order valence-corrected chi connectivity index (χ2v) is 8.54. The molecule has 1 atom stereocenters. The highest BCUT2D eigenvalue weighted by Crippen LogP contribution is 2.18. The number of ether oxygens (including phenoxy) is 2. The van der Waals surface area contributed by atoms with Gasteiger partial charge in [-0.05, 0) is 60.9 Å². The summed E-state index contributed by atoms with van der Waals surface area (Å²) in [6, 6.07) is 15.0. The Morgan fingerprint density at radius 3 is 2.46 bits per heavy atom. The van der Waals surface area contributed by atoms with Crippen molar-refractivity contribution in [3.63, 3.8) is 0 Å². The van der Waals surface area contributed by atoms with Crippen LogP contribution in [-0.2, 0) is 20.0 Å². The number of nitrogens with one attached hydrogen (secondary N) is 2. The summed E-state index contributed by atoms with van der Waals surface area (Å²) in [5.41, 5.74) is 4.67. The fourth-order valence-electron chi connectivity index (χ4n) is 3.81. The van der Waals surface area contributed by atoms with Crippen molar-refractivity contribution in [1.82, 2.24) is 19.1 Å². The van der Waals surface area contributed by atoms with Crippen LogP contribution >= 0.6 is 0 Å². The molecule has 4 rings (SSSR count). The van der Waals surface area contributed by atoms with Crippen LogP contribution < -0.4 is 26.1 Å². The van der Waals surface area contributed by atoms with Crippen molar-refractivity contribution in [1.29, 1.82) is 0 Å². The zero-order chi connectivity index (χ0) is 26.5. The van der Waals surface area contributed by atoms with E-state index in [-0.39, 0.29) is 30.3 Å². The molecule has 0 aliphatic rings. The van der Waals surface area contributed by atoms with E-state index in [0.717, 1.165) is 17.7 Å². The summed E-state index contributed by atoms with van der Waals surface area (Å²) < 4.78 is 13.7. The van der Waals surface area contributed by atoms with Crippen LogP contribution in [0.3, 0.4) is 0 Å². The highest BCUT2D eigenvalue weighted by atomic mass is 16.5. The Balaban J connectivity index is 1.61. The molecule has 0 fully saturated rings. The van der Waals surface area contributed by atoms with E-state index in [1.807, 2.05) is 55.5 Å². The zero-order valence-electron chi connectivity index (χ0n) is 21.2. The molecule has 0 saturated carbocycles. The van der Waals surface area contributed by atoms with Crippen LogP contribution in [0, 0.1) is 0 Å². The van der Waals surface area contributed by atoms with Gasteiger partial charge in [0, 0.05) is 7.05 Å². The Morgan fingerprint density at radius 1 is 1.14 bits per heavy atom. The minimum absolute atomic E-state index is 0.0115. The van der Waals surface area contributed by atoms with Gasteiger partial charge in [0.25, 0.3) is 5.56 Å². The maximum atomic E-state index is 12.7. The van der Waals surface area contributed by atoms with Gasteiger partial charge < -0.3 is 19.1 Å². The predicted molar refractivity (Wildman–Crippen MR) is 142 cm³/mol. The number of nitrogens with zero attached hydrogens (tertiary/aromatic N) is 4. The number of aromatic amines is 1. The molecule has 0 bridgehead atoms. The number of aliphatic hydroxyl groups is 1. The largest absolute Gasteiger partial charge is 0.497 e. The molecule has 2 aromatic heterocycles. The molecule has 11 heteroatoms. The van der Waals surface area contributed by atoms with Crippen LogP contribution in [0.25, 0.3) is 11.2 Å². The summed E-state index contributed by atoms with van der Waals surface area (Å²) in [5, 5.41) is 15.2. The quantitative estimate of drug-likeness (QED) is 0.222. The summed E-state index contributed by atoms with van der Waals surface area (Å²) in [5.74, 6) is 1.55. The average molecular weight is 507 g/mol. The number of anilines is 1. The monoisotopic (exact) mass is 506 g/mol. The van der Waals surface area contributed by atoms with Gasteiger partial charge in [0.15, 0.2) is 11.2 Å². The van der Waals surface area contributed by atoms with Gasteiger partial charge in [0.2, 0.25) is 5.95 Å². The van der Waals surface area contributed by atoms with Gasteiger partial charge in [-0.1, -0.05) is 19.1 Å². The molecule has 3 N–H and O–H groups in total. The minimum atomic E-state index is -0.980. The van der Waals surface area contributed by atoms with Crippen molar-refractivity contribution in [2.75, 3.05) is 19.1 Å². The van der Waals surface area contributed by atoms with E-state index >= 15 is 0 Å². The fourth-order valence-corrected chi connectivity index (χ4v) is 3.81. The number of aliphatic hydroxyl groups excluding tert-OH is 1. The first-order valence-corrected chi connectivity index (χ1v) is 11.8. The van der Waals surface area contributed by atoms with Crippen molar-refractivity contribution in [2.45, 2.75) is 32.9 Å². The van der Waals surface area contributed by atoms with E-state index in [4.69, 9.17) is 9.47 Å². The second kappa shape index (κ2) is 11.1. The molecule has 11 nitrogen and oxygen atoms in total. The van der Waals surface area contributed by atoms with Gasteiger partial charge in [-0.25, -0.2) is 10.2 Å². The lowest BCUT2D eigenvalue weighted by molar-refractivity contribution is 0.0938. The van der Waals surface area contributed by atoms with Gasteiger partial charge in [0.05, 0.1) is 19.4 Å². The van der Waals surface area contributed by atoms with E-state index in [2.05, 4.69) is 27.4 Å². The van der Waals surface area contributed by atoms with Crippen molar-refractivity contribution < 1.29 is 14.6 Å². The summed E-state index contributed by atoms with van der Waals surface area (Å²) in [6.07, 6.45) is -0.0590. The van der Waals surface area contributed by atoms with Crippen LogP contribution in [0.5, 0.6) is 11.5 Å². The molecule has 2 aromatic carbocycles. The number of aryl methyl sites for hydroxylation is 2. The third kappa shape index (κ3) is 5.72. The highest BCUT2D eigenvalue weighted by Gasteiger charge is 2.20. The minimum Gasteiger partial charge on any atom is -0.497 e. The Hall–Kier alpha value is -4.38. The summed E-state index contributed by atoms with van der Waals surface area (Å²) in [7, 11) is 3.10. The number of aromatic nitrogens is 4. The molecule has 0 amide bonds. The van der Waals surface area contributed by atoms with Crippen molar-refractivity contribution in [3.05, 3.63) is 80.5 Å². The molecule has 1 unspecified atom stereocenters. The Morgan fingerprint density at radius 2 is 1.81 bits per heavy atom. The molecule has 2 heterocycles. The number of imidazole rings is 1. The number of fused-ring (bicyclic) bond motifs is 1. The van der Waals surface area contributed by atoms with E-state index in [9.17, 15) is 14.7 Å². The third-order valence-corrected chi connectivity index (χ3v) is 6.01. The van der Waals surface area contributed by atoms with Crippen molar-refractivity contribution in [3.8, 4) is 11.5 Å². The first-order valence-electron chi connectivity index (χ1n) is 11.8. The van der Waals surface area contributed by atoms with Crippen LogP contribution in [0.15, 0.2) is 63.2 Å². The van der Waals surface area contributed by atoms with Crippen molar-refractivity contribution in [2.24, 2.45) is 12.1 Å². The van der Waals surface area contributed by atoms with Crippen molar-refractivity contribution >= 4 is 22.8 Å². The Bertz CT molecular complexity index is 1520. The van der Waals surface area contributed by atoms with E-state index in [1.165, 1.54) is 21.7 Å². The number of hydrazone groups is 1. The number of methoxy groups -OCH3 is 1. The lowest BCUT2D eigenvalue weighted by Gasteiger charge is -2.15. The summed E-state index contributed by atoms with van der Waals surface area (Å²) in [6.45, 7) is 3.85. The third-order valence-electron chi connectivity index (χ3n) is 6.01. The zero-order valence-corrected chi connectivity index (χ0v) is 21.2. The molecule has 37 heavy (non-hydrogen) atoms. The lowest BCUT2D eigenvalue weighted by Crippen LogP contribution is -2.30. The molecule has 0 aliphatic heterocycles. The average Bonchev–Trinajstić information content (AvgIpc) is 3.28. The normalized spacial score (nSPS) is 12.5. The maximum absolute atomic E-state index is 12.7. The molecular weight excluding hydrogens is 476 g/mol. The number of benzene rings is 2. The standard InChI is InChI=1S/C26H30N6O5/c1-5-17-6-10-21(11-7-17)37-15-19(33)14-32-22-23(31(3)26(35)28-24(22)34)27-25(32)30-29-16(2)18-8-12-20(36-4)13-9-18/h6-13,19,33H,5,14-15H2,1-4H3,(H,27,30)(H,28,34,35). The van der Waals surface area contributed by atoms with E-state index in [0.29, 0.717) is 11.5 Å².